The Balaban J connectivity index is 1.33. The topological polar surface area (TPSA) is 79.4 Å². The number of likely N-dealkylation sites (N-methyl/N-ethyl adjacent to an activating group) is 1. The predicted octanol–water partition coefficient (Wildman–Crippen LogP) is 5.15. The van der Waals surface area contributed by atoms with Crippen LogP contribution in [0.3, 0.4) is 0 Å². The summed E-state index contributed by atoms with van der Waals surface area (Å²) in [5.74, 6) is -1.04. The zero-order chi connectivity index (χ0) is 25.7. The predicted molar refractivity (Wildman–Crippen MR) is 136 cm³/mol. The van der Waals surface area contributed by atoms with E-state index in [1.54, 1.807) is 0 Å². The molecule has 0 saturated heterocycles. The molecule has 2 aliphatic heterocycles. The molecule has 7 nitrogen and oxygen atoms in total. The van der Waals surface area contributed by atoms with E-state index in [0.29, 0.717) is 17.9 Å². The van der Waals surface area contributed by atoms with Crippen molar-refractivity contribution in [3.8, 4) is 17.1 Å². The number of hydrogen-bond donors (Lipinski definition) is 2. The molecule has 0 spiro atoms. The average Bonchev–Trinajstić information content (AvgIpc) is 3.25. The van der Waals surface area contributed by atoms with E-state index < -0.39 is 17.2 Å². The number of anilines is 3. The van der Waals surface area contributed by atoms with Crippen LogP contribution in [0.2, 0.25) is 0 Å². The van der Waals surface area contributed by atoms with E-state index in [1.165, 1.54) is 6.07 Å². The summed E-state index contributed by atoms with van der Waals surface area (Å²) in [6.07, 6.45) is 0. The smallest absolute Gasteiger partial charge is 0.257 e. The second-order valence-electron chi connectivity index (χ2n) is 9.36. The van der Waals surface area contributed by atoms with Gasteiger partial charge in [0.25, 0.3) is 5.91 Å². The first-order chi connectivity index (χ1) is 17.8. The SMILES string of the molecule is CN1CC(C)(c2ccc(Nc3nc(-c4c(F)cccc4F)nc4c3C(=O)NC4)cc2)Oc2ccccc21. The molecule has 2 aliphatic rings. The number of amides is 1. The highest BCUT2D eigenvalue weighted by atomic mass is 19.1. The number of ether oxygens (including phenoxy) is 1. The Hall–Kier alpha value is -4.53. The van der Waals surface area contributed by atoms with Crippen molar-refractivity contribution in [3.63, 3.8) is 0 Å². The molecule has 2 N–H and O–H groups in total. The van der Waals surface area contributed by atoms with Crippen LogP contribution < -0.4 is 20.3 Å². The summed E-state index contributed by atoms with van der Waals surface area (Å²) in [6.45, 7) is 2.85. The second kappa shape index (κ2) is 8.55. The largest absolute Gasteiger partial charge is 0.479 e. The van der Waals surface area contributed by atoms with Gasteiger partial charge in [0.1, 0.15) is 34.4 Å². The number of carbonyl (C=O) groups excluding carboxylic acids is 1. The van der Waals surface area contributed by atoms with Crippen molar-refractivity contribution in [2.75, 3.05) is 23.8 Å². The van der Waals surface area contributed by atoms with E-state index in [1.807, 2.05) is 62.5 Å². The number of nitrogens with one attached hydrogen (secondary N) is 2. The Morgan fingerprint density at radius 3 is 2.46 bits per heavy atom. The lowest BCUT2D eigenvalue weighted by molar-refractivity contribution is 0.0850. The molecule has 0 radical (unpaired) electrons. The lowest BCUT2D eigenvalue weighted by Crippen LogP contribution is -2.45. The van der Waals surface area contributed by atoms with Crippen LogP contribution in [0.15, 0.2) is 66.7 Å². The molecule has 3 heterocycles. The summed E-state index contributed by atoms with van der Waals surface area (Å²) in [7, 11) is 2.03. The van der Waals surface area contributed by atoms with Crippen LogP contribution in [0.4, 0.5) is 26.0 Å². The number of carbonyl (C=O) groups is 1. The third-order valence-corrected chi connectivity index (χ3v) is 6.72. The first-order valence-corrected chi connectivity index (χ1v) is 11.8. The summed E-state index contributed by atoms with van der Waals surface area (Å²) in [5.41, 5.74) is 2.38. The summed E-state index contributed by atoms with van der Waals surface area (Å²) in [5, 5.41) is 5.84. The van der Waals surface area contributed by atoms with E-state index in [0.717, 1.165) is 29.1 Å². The van der Waals surface area contributed by atoms with Crippen molar-refractivity contribution >= 4 is 23.1 Å². The Bertz CT molecular complexity index is 1520. The molecule has 6 rings (SSSR count). The third kappa shape index (κ3) is 3.92. The van der Waals surface area contributed by atoms with E-state index in [4.69, 9.17) is 4.74 Å². The minimum Gasteiger partial charge on any atom is -0.479 e. The van der Waals surface area contributed by atoms with Gasteiger partial charge in [-0.1, -0.05) is 30.3 Å². The van der Waals surface area contributed by atoms with Crippen LogP contribution in [-0.4, -0.2) is 29.5 Å². The number of rotatable bonds is 4. The third-order valence-electron chi connectivity index (χ3n) is 6.72. The number of para-hydroxylation sites is 2. The zero-order valence-electron chi connectivity index (χ0n) is 20.2. The molecule has 3 aromatic carbocycles. The number of hydrogen-bond acceptors (Lipinski definition) is 6. The standard InChI is InChI=1S/C28H23F2N5O2/c1-28(15-35(2)21-8-3-4-9-22(21)37-28)16-10-12-17(13-11-16)32-26-24-20(14-31-27(24)36)33-25(34-26)23-18(29)6-5-7-19(23)30/h3-13H,14-15H2,1-2H3,(H,31,36)(H,32,33,34). The van der Waals surface area contributed by atoms with Crippen LogP contribution in [0.25, 0.3) is 11.4 Å². The quantitative estimate of drug-likeness (QED) is 0.404. The van der Waals surface area contributed by atoms with E-state index in [2.05, 4.69) is 25.5 Å². The van der Waals surface area contributed by atoms with Crippen molar-refractivity contribution in [1.29, 1.82) is 0 Å². The van der Waals surface area contributed by atoms with Gasteiger partial charge in [-0.25, -0.2) is 18.7 Å². The van der Waals surface area contributed by atoms with Crippen molar-refractivity contribution in [2.45, 2.75) is 19.1 Å². The van der Waals surface area contributed by atoms with Gasteiger partial charge in [-0.3, -0.25) is 4.79 Å². The van der Waals surface area contributed by atoms with Crippen molar-refractivity contribution in [3.05, 3.63) is 95.2 Å². The average molecular weight is 500 g/mol. The van der Waals surface area contributed by atoms with E-state index in [9.17, 15) is 13.6 Å². The molecule has 9 heteroatoms. The van der Waals surface area contributed by atoms with Gasteiger partial charge in [0.15, 0.2) is 5.82 Å². The van der Waals surface area contributed by atoms with E-state index >= 15 is 0 Å². The van der Waals surface area contributed by atoms with Gasteiger partial charge in [0.05, 0.1) is 30.0 Å². The molecule has 1 amide bonds. The summed E-state index contributed by atoms with van der Waals surface area (Å²) >= 11 is 0. The van der Waals surface area contributed by atoms with Gasteiger partial charge in [0.2, 0.25) is 0 Å². The monoisotopic (exact) mass is 499 g/mol. The Kier molecular flexibility index (Phi) is 5.29. The highest BCUT2D eigenvalue weighted by Crippen LogP contribution is 2.40. The molecule has 1 unspecified atom stereocenters. The van der Waals surface area contributed by atoms with Crippen LogP contribution in [0.1, 0.15) is 28.5 Å². The summed E-state index contributed by atoms with van der Waals surface area (Å²) in [6, 6.07) is 19.1. The highest BCUT2D eigenvalue weighted by molar-refractivity contribution is 6.03. The number of aromatic nitrogens is 2. The molecule has 1 atom stereocenters. The molecule has 0 aliphatic carbocycles. The normalized spacial score (nSPS) is 18.1. The van der Waals surface area contributed by atoms with Gasteiger partial charge < -0.3 is 20.3 Å². The fourth-order valence-corrected chi connectivity index (χ4v) is 4.90. The molecule has 186 valence electrons. The lowest BCUT2D eigenvalue weighted by atomic mass is 9.93. The maximum atomic E-state index is 14.5. The Morgan fingerprint density at radius 1 is 0.973 bits per heavy atom. The molecular weight excluding hydrogens is 476 g/mol. The van der Waals surface area contributed by atoms with Crippen LogP contribution in [0, 0.1) is 11.6 Å². The number of halogens is 2. The molecule has 0 bridgehead atoms. The number of benzene rings is 3. The number of fused-ring (bicyclic) bond motifs is 2. The summed E-state index contributed by atoms with van der Waals surface area (Å²) < 4.78 is 35.3. The first kappa shape index (κ1) is 22.9. The van der Waals surface area contributed by atoms with Gasteiger partial charge >= 0.3 is 0 Å². The van der Waals surface area contributed by atoms with Crippen molar-refractivity contribution in [2.24, 2.45) is 0 Å². The van der Waals surface area contributed by atoms with Gasteiger partial charge in [-0.15, -0.1) is 0 Å². The Labute approximate surface area is 212 Å². The van der Waals surface area contributed by atoms with Gasteiger partial charge in [0, 0.05) is 12.7 Å². The number of nitrogens with zero attached hydrogens (tertiary/aromatic N) is 3. The Morgan fingerprint density at radius 2 is 1.70 bits per heavy atom. The maximum Gasteiger partial charge on any atom is 0.257 e. The second-order valence-corrected chi connectivity index (χ2v) is 9.36. The first-order valence-electron chi connectivity index (χ1n) is 11.8. The molecule has 1 aromatic heterocycles. The van der Waals surface area contributed by atoms with E-state index in [-0.39, 0.29) is 35.2 Å². The van der Waals surface area contributed by atoms with Crippen LogP contribution in [-0.2, 0) is 12.1 Å². The van der Waals surface area contributed by atoms with Crippen LogP contribution >= 0.6 is 0 Å². The molecule has 4 aromatic rings. The maximum absolute atomic E-state index is 14.5. The molecule has 0 saturated carbocycles. The zero-order valence-corrected chi connectivity index (χ0v) is 20.2. The van der Waals surface area contributed by atoms with Gasteiger partial charge in [-0.2, -0.15) is 0 Å². The molecular formula is C28H23F2N5O2. The molecule has 37 heavy (non-hydrogen) atoms. The molecule has 0 fully saturated rings. The lowest BCUT2D eigenvalue weighted by Gasteiger charge is -2.41. The minimum atomic E-state index is -0.778. The highest BCUT2D eigenvalue weighted by Gasteiger charge is 2.36. The fourth-order valence-electron chi connectivity index (χ4n) is 4.90. The van der Waals surface area contributed by atoms with Crippen LogP contribution in [0.5, 0.6) is 5.75 Å². The minimum absolute atomic E-state index is 0.130. The summed E-state index contributed by atoms with van der Waals surface area (Å²) in [4.78, 5) is 23.3. The van der Waals surface area contributed by atoms with Crippen molar-refractivity contribution < 1.29 is 18.3 Å². The van der Waals surface area contributed by atoms with Crippen molar-refractivity contribution in [1.82, 2.24) is 15.3 Å². The van der Waals surface area contributed by atoms with Gasteiger partial charge in [-0.05, 0) is 48.9 Å². The fraction of sp³-hybridized carbons (Fsp3) is 0.179.